The molecule has 0 aromatic carbocycles. The van der Waals surface area contributed by atoms with Gasteiger partial charge in [0.05, 0.1) is 13.2 Å². The Kier molecular flexibility index (Phi) is 15.9. The molecular weight excluding hydrogens is 608 g/mol. The van der Waals surface area contributed by atoms with Crippen LogP contribution in [-0.4, -0.2) is 127 Å². The molecular formula is C32H44O14. The number of esters is 1. The normalized spacial score (nSPS) is 33.7. The lowest BCUT2D eigenvalue weighted by Crippen LogP contribution is -2.61. The monoisotopic (exact) mass is 652 g/mol. The van der Waals surface area contributed by atoms with Crippen molar-refractivity contribution in [1.82, 2.24) is 0 Å². The Morgan fingerprint density at radius 3 is 1.63 bits per heavy atom. The smallest absolute Gasteiger partial charge is 0.336 e. The minimum absolute atomic E-state index is 0.127. The van der Waals surface area contributed by atoms with Crippen LogP contribution in [0.5, 0.6) is 0 Å². The highest BCUT2D eigenvalue weighted by molar-refractivity contribution is 5.88. The molecule has 0 aliphatic carbocycles. The van der Waals surface area contributed by atoms with Crippen molar-refractivity contribution in [1.29, 1.82) is 0 Å². The summed E-state index contributed by atoms with van der Waals surface area (Å²) in [5.41, 5.74) is 2.11. The largest absolute Gasteiger partial charge is 0.478 e. The number of rotatable bonds is 13. The van der Waals surface area contributed by atoms with E-state index in [-0.39, 0.29) is 11.1 Å². The van der Waals surface area contributed by atoms with Gasteiger partial charge in [0, 0.05) is 11.1 Å². The molecule has 0 aromatic heterocycles. The van der Waals surface area contributed by atoms with Gasteiger partial charge in [-0.3, -0.25) is 0 Å². The molecule has 256 valence electrons. The first-order chi connectivity index (χ1) is 21.7. The summed E-state index contributed by atoms with van der Waals surface area (Å²) in [6.45, 7) is 5.43. The maximum atomic E-state index is 12.6. The lowest BCUT2D eigenvalue weighted by atomic mass is 9.98. The van der Waals surface area contributed by atoms with Crippen LogP contribution in [0.2, 0.25) is 0 Å². The van der Waals surface area contributed by atoms with Gasteiger partial charge in [0.1, 0.15) is 48.8 Å². The van der Waals surface area contributed by atoms with Gasteiger partial charge >= 0.3 is 11.9 Å². The Hall–Kier alpha value is -3.28. The van der Waals surface area contributed by atoms with E-state index < -0.39 is 86.6 Å². The van der Waals surface area contributed by atoms with Crippen LogP contribution in [0.3, 0.4) is 0 Å². The molecule has 2 rings (SSSR count). The van der Waals surface area contributed by atoms with Crippen molar-refractivity contribution in [2.24, 2.45) is 0 Å². The third-order valence-corrected chi connectivity index (χ3v) is 7.06. The minimum Gasteiger partial charge on any atom is -0.478 e. The lowest BCUT2D eigenvalue weighted by molar-refractivity contribution is -0.326. The number of carboxylic acids is 1. The van der Waals surface area contributed by atoms with Crippen molar-refractivity contribution in [3.63, 3.8) is 0 Å². The highest BCUT2D eigenvalue weighted by Gasteiger charge is 2.48. The van der Waals surface area contributed by atoms with Gasteiger partial charge < -0.3 is 59.8 Å². The molecule has 2 heterocycles. The van der Waals surface area contributed by atoms with Crippen LogP contribution in [0.1, 0.15) is 27.7 Å². The van der Waals surface area contributed by atoms with E-state index in [0.717, 1.165) is 11.1 Å². The summed E-state index contributed by atoms with van der Waals surface area (Å²) in [5.74, 6) is -1.86. The highest BCUT2D eigenvalue weighted by Crippen LogP contribution is 2.26. The molecule has 2 aliphatic heterocycles. The fourth-order valence-corrected chi connectivity index (χ4v) is 4.10. The molecule has 10 unspecified atom stereocenters. The molecule has 0 saturated carbocycles. The third-order valence-electron chi connectivity index (χ3n) is 7.06. The second-order valence-corrected chi connectivity index (χ2v) is 10.9. The first-order valence-electron chi connectivity index (χ1n) is 14.5. The Morgan fingerprint density at radius 1 is 0.630 bits per heavy atom. The van der Waals surface area contributed by atoms with E-state index in [0.29, 0.717) is 0 Å². The third kappa shape index (κ3) is 11.5. The number of aliphatic hydroxyl groups excluding tert-OH is 7. The number of carboxylic acid groups (broad SMARTS) is 1. The molecule has 8 N–H and O–H groups in total. The topological polar surface area (TPSA) is 233 Å². The van der Waals surface area contributed by atoms with E-state index in [9.17, 15) is 45.3 Å². The Balaban J connectivity index is 1.94. The number of ether oxygens (including phenoxy) is 4. The van der Waals surface area contributed by atoms with Crippen LogP contribution in [0, 0.1) is 0 Å². The second kappa shape index (κ2) is 18.8. The Morgan fingerprint density at radius 2 is 1.11 bits per heavy atom. The molecule has 0 amide bonds. The van der Waals surface area contributed by atoms with Gasteiger partial charge in [0.15, 0.2) is 6.29 Å². The highest BCUT2D eigenvalue weighted by atomic mass is 16.7. The first-order valence-corrected chi connectivity index (χ1v) is 14.5. The zero-order valence-corrected chi connectivity index (χ0v) is 26.0. The fourth-order valence-electron chi connectivity index (χ4n) is 4.10. The zero-order valence-electron chi connectivity index (χ0n) is 26.0. The van der Waals surface area contributed by atoms with Crippen LogP contribution < -0.4 is 0 Å². The predicted molar refractivity (Wildman–Crippen MR) is 163 cm³/mol. The van der Waals surface area contributed by atoms with Crippen LogP contribution >= 0.6 is 0 Å². The van der Waals surface area contributed by atoms with Gasteiger partial charge in [-0.15, -0.1) is 0 Å². The standard InChI is InChI=1S/C32H44O14/c1-17(11-7-13-19(3)29(40)41)9-5-6-10-18(2)12-8-14-20(4)30(42)46-32-28(39)26(37)24(35)22(45-32)16-43-31-27(38)25(36)23(34)21(15-33)44-31/h5-14,21-28,31-39H,15-16H2,1-4H3,(H,40,41)/b6-5+,11-7+,12-8+,17-9+,18-10+,19-13+,20-14+. The summed E-state index contributed by atoms with van der Waals surface area (Å²) in [6, 6.07) is 0. The molecule has 14 heteroatoms. The van der Waals surface area contributed by atoms with Crippen molar-refractivity contribution < 1.29 is 69.4 Å². The van der Waals surface area contributed by atoms with E-state index in [1.54, 1.807) is 30.4 Å². The maximum absolute atomic E-state index is 12.6. The summed E-state index contributed by atoms with van der Waals surface area (Å²) in [5, 5.41) is 79.1. The van der Waals surface area contributed by atoms with Gasteiger partial charge in [0.25, 0.3) is 0 Å². The molecule has 2 fully saturated rings. The van der Waals surface area contributed by atoms with Crippen molar-refractivity contribution >= 4 is 11.9 Å². The van der Waals surface area contributed by atoms with Crippen LogP contribution in [0.25, 0.3) is 0 Å². The van der Waals surface area contributed by atoms with Gasteiger partial charge in [-0.05, 0) is 27.7 Å². The molecule has 0 radical (unpaired) electrons. The number of allylic oxidation sites excluding steroid dienone is 12. The molecule has 0 bridgehead atoms. The Bertz CT molecular complexity index is 1240. The fraction of sp³-hybridized carbons (Fsp3) is 0.500. The van der Waals surface area contributed by atoms with Crippen molar-refractivity contribution in [3.8, 4) is 0 Å². The second-order valence-electron chi connectivity index (χ2n) is 10.9. The van der Waals surface area contributed by atoms with Crippen LogP contribution in [0.4, 0.5) is 0 Å². The van der Waals surface area contributed by atoms with E-state index in [2.05, 4.69) is 0 Å². The number of hydrogen-bond acceptors (Lipinski definition) is 13. The summed E-state index contributed by atoms with van der Waals surface area (Å²) < 4.78 is 21.3. The van der Waals surface area contributed by atoms with E-state index in [1.165, 1.54) is 26.0 Å². The summed E-state index contributed by atoms with van der Waals surface area (Å²) in [4.78, 5) is 23.4. The number of hydrogen-bond donors (Lipinski definition) is 8. The molecule has 2 aliphatic rings. The lowest BCUT2D eigenvalue weighted by Gasteiger charge is -2.42. The number of aliphatic carboxylic acids is 1. The SMILES string of the molecule is CC(/C=C/C=C(\C)C(=O)O)=C\C=C\C=C(C)\C=C\C=C(/C)C(=O)OC1OC(COC2OC(CO)C(O)C(O)C2O)C(O)C(O)C1O. The quantitative estimate of drug-likeness (QED) is 0.0725. The van der Waals surface area contributed by atoms with Gasteiger partial charge in [-0.1, -0.05) is 71.9 Å². The average molecular weight is 653 g/mol. The number of aliphatic hydroxyl groups is 7. The van der Waals surface area contributed by atoms with E-state index >= 15 is 0 Å². The zero-order chi connectivity index (χ0) is 34.6. The summed E-state index contributed by atoms with van der Waals surface area (Å²) in [6.07, 6.45) is 0.855. The van der Waals surface area contributed by atoms with Gasteiger partial charge in [-0.25, -0.2) is 9.59 Å². The van der Waals surface area contributed by atoms with Crippen molar-refractivity contribution in [3.05, 3.63) is 83.1 Å². The van der Waals surface area contributed by atoms with E-state index in [4.69, 9.17) is 24.1 Å². The predicted octanol–water partition coefficient (Wildman–Crippen LogP) is -0.308. The number of carbonyl (C=O) groups is 2. The molecule has 2 saturated heterocycles. The van der Waals surface area contributed by atoms with Gasteiger partial charge in [0.2, 0.25) is 6.29 Å². The molecule has 0 aromatic rings. The average Bonchev–Trinajstić information content (AvgIpc) is 3.02. The molecule has 10 atom stereocenters. The minimum atomic E-state index is -1.80. The van der Waals surface area contributed by atoms with Gasteiger partial charge in [-0.2, -0.15) is 0 Å². The van der Waals surface area contributed by atoms with Crippen molar-refractivity contribution in [2.75, 3.05) is 13.2 Å². The molecule has 46 heavy (non-hydrogen) atoms. The summed E-state index contributed by atoms with van der Waals surface area (Å²) in [7, 11) is 0. The van der Waals surface area contributed by atoms with Crippen LogP contribution in [-0.2, 0) is 28.5 Å². The first kappa shape index (κ1) is 38.9. The maximum Gasteiger partial charge on any atom is 0.336 e. The molecule has 14 nitrogen and oxygen atoms in total. The van der Waals surface area contributed by atoms with E-state index in [1.807, 2.05) is 32.1 Å². The number of carbonyl (C=O) groups excluding carboxylic acids is 1. The van der Waals surface area contributed by atoms with Crippen molar-refractivity contribution in [2.45, 2.75) is 89.1 Å². The summed E-state index contributed by atoms with van der Waals surface area (Å²) >= 11 is 0. The Labute approximate surface area is 266 Å². The molecule has 0 spiro atoms. The van der Waals surface area contributed by atoms with Crippen LogP contribution in [0.15, 0.2) is 83.1 Å².